The maximum atomic E-state index is 4.60. The number of anilines is 2. The first-order valence-corrected chi connectivity index (χ1v) is 9.50. The average molecular weight is 385 g/mol. The average Bonchev–Trinajstić information content (AvgIpc) is 3.36. The van der Waals surface area contributed by atoms with Gasteiger partial charge in [-0.05, 0) is 24.6 Å². The fourth-order valence-electron chi connectivity index (χ4n) is 2.91. The predicted octanol–water partition coefficient (Wildman–Crippen LogP) is 4.39. The van der Waals surface area contributed by atoms with Crippen molar-refractivity contribution in [3.8, 4) is 16.4 Å². The van der Waals surface area contributed by atoms with Crippen LogP contribution in [0.2, 0.25) is 0 Å². The topological polar surface area (TPSA) is 81.4 Å². The van der Waals surface area contributed by atoms with Crippen LogP contribution in [0.25, 0.3) is 26.6 Å². The number of nitrogens with zero attached hydrogens (tertiary/aromatic N) is 6. The lowest BCUT2D eigenvalue weighted by Crippen LogP contribution is -2.00. The largest absolute Gasteiger partial charge is 0.337 e. The molecule has 1 N–H and O–H groups in total. The minimum Gasteiger partial charge on any atom is -0.337 e. The summed E-state index contributed by atoms with van der Waals surface area (Å²) in [6, 6.07) is 14.2. The van der Waals surface area contributed by atoms with Crippen LogP contribution in [0.15, 0.2) is 67.3 Å². The second kappa shape index (κ2) is 6.82. The molecule has 8 heteroatoms. The zero-order chi connectivity index (χ0) is 18.9. The number of aryl methyl sites for hydroxylation is 1. The van der Waals surface area contributed by atoms with E-state index in [1.807, 2.05) is 31.3 Å². The molecule has 0 fully saturated rings. The summed E-state index contributed by atoms with van der Waals surface area (Å²) in [6.07, 6.45) is 6.93. The molecule has 0 bridgehead atoms. The number of fused-ring (bicyclic) bond motifs is 1. The summed E-state index contributed by atoms with van der Waals surface area (Å²) in [5.74, 6) is 1.99. The highest BCUT2D eigenvalue weighted by Gasteiger charge is 2.13. The Bertz CT molecular complexity index is 1250. The van der Waals surface area contributed by atoms with Crippen molar-refractivity contribution in [1.82, 2.24) is 29.7 Å². The van der Waals surface area contributed by atoms with E-state index in [1.165, 1.54) is 5.56 Å². The Labute approximate surface area is 164 Å². The van der Waals surface area contributed by atoms with Crippen molar-refractivity contribution in [3.63, 3.8) is 0 Å². The van der Waals surface area contributed by atoms with Crippen LogP contribution in [-0.2, 0) is 0 Å². The van der Waals surface area contributed by atoms with Crippen LogP contribution >= 0.6 is 11.3 Å². The van der Waals surface area contributed by atoms with Gasteiger partial charge < -0.3 is 5.32 Å². The van der Waals surface area contributed by atoms with Crippen molar-refractivity contribution in [1.29, 1.82) is 0 Å². The fraction of sp³-hybridized carbons (Fsp3) is 0.0500. The molecule has 4 aromatic heterocycles. The molecule has 0 aliphatic carbocycles. The molecule has 0 aliphatic heterocycles. The Morgan fingerprint density at radius 2 is 1.82 bits per heavy atom. The number of aromatic nitrogens is 6. The van der Waals surface area contributed by atoms with Gasteiger partial charge in [0.05, 0.1) is 23.5 Å². The SMILES string of the molecule is Cc1nc(Nc2cnn(-c3ncccn3)c2)c2cc(-c3ccccc3)sc2n1. The van der Waals surface area contributed by atoms with E-state index >= 15 is 0 Å². The second-order valence-electron chi connectivity index (χ2n) is 6.16. The quantitative estimate of drug-likeness (QED) is 0.494. The molecule has 0 amide bonds. The Morgan fingerprint density at radius 3 is 2.64 bits per heavy atom. The van der Waals surface area contributed by atoms with Gasteiger partial charge in [-0.1, -0.05) is 30.3 Å². The summed E-state index contributed by atoms with van der Waals surface area (Å²) in [4.78, 5) is 19.7. The van der Waals surface area contributed by atoms with Gasteiger partial charge in [0.25, 0.3) is 0 Å². The number of nitrogens with one attached hydrogen (secondary N) is 1. The lowest BCUT2D eigenvalue weighted by molar-refractivity contribution is 0.808. The standard InChI is InChI=1S/C20H15N7S/c1-13-24-18(26-15-11-23-27(12-15)20-21-8-5-9-22-20)16-10-17(28-19(16)25-13)14-6-3-2-4-7-14/h2-12H,1H3,(H,24,25,26). The zero-order valence-corrected chi connectivity index (χ0v) is 15.8. The number of rotatable bonds is 4. The van der Waals surface area contributed by atoms with Crippen LogP contribution in [0.4, 0.5) is 11.5 Å². The van der Waals surface area contributed by atoms with Crippen LogP contribution in [0, 0.1) is 6.92 Å². The van der Waals surface area contributed by atoms with E-state index in [2.05, 4.69) is 48.6 Å². The molecule has 28 heavy (non-hydrogen) atoms. The number of thiophene rings is 1. The Morgan fingerprint density at radius 1 is 1.00 bits per heavy atom. The van der Waals surface area contributed by atoms with Crippen molar-refractivity contribution < 1.29 is 0 Å². The van der Waals surface area contributed by atoms with Gasteiger partial charge in [0, 0.05) is 17.3 Å². The van der Waals surface area contributed by atoms with Crippen molar-refractivity contribution in [2.24, 2.45) is 0 Å². The minimum absolute atomic E-state index is 0.515. The highest BCUT2D eigenvalue weighted by Crippen LogP contribution is 2.36. The molecular weight excluding hydrogens is 370 g/mol. The van der Waals surface area contributed by atoms with Crippen molar-refractivity contribution in [2.45, 2.75) is 6.92 Å². The van der Waals surface area contributed by atoms with Gasteiger partial charge in [0.1, 0.15) is 16.5 Å². The van der Waals surface area contributed by atoms with Gasteiger partial charge in [0.15, 0.2) is 0 Å². The molecule has 0 radical (unpaired) electrons. The third kappa shape index (κ3) is 3.10. The van der Waals surface area contributed by atoms with E-state index in [1.54, 1.807) is 40.7 Å². The van der Waals surface area contributed by atoms with Crippen molar-refractivity contribution in [3.05, 3.63) is 73.1 Å². The first-order chi connectivity index (χ1) is 13.8. The van der Waals surface area contributed by atoms with Crippen LogP contribution in [-0.4, -0.2) is 29.7 Å². The van der Waals surface area contributed by atoms with Crippen molar-refractivity contribution >= 4 is 33.1 Å². The first kappa shape index (κ1) is 16.5. The lowest BCUT2D eigenvalue weighted by atomic mass is 10.2. The van der Waals surface area contributed by atoms with E-state index in [0.29, 0.717) is 5.95 Å². The fourth-order valence-corrected chi connectivity index (χ4v) is 3.99. The molecule has 7 nitrogen and oxygen atoms in total. The molecule has 0 atom stereocenters. The van der Waals surface area contributed by atoms with Crippen LogP contribution < -0.4 is 5.32 Å². The molecule has 0 saturated heterocycles. The van der Waals surface area contributed by atoms with Gasteiger partial charge in [-0.2, -0.15) is 5.10 Å². The van der Waals surface area contributed by atoms with E-state index in [9.17, 15) is 0 Å². The summed E-state index contributed by atoms with van der Waals surface area (Å²) >= 11 is 1.66. The first-order valence-electron chi connectivity index (χ1n) is 8.69. The van der Waals surface area contributed by atoms with Gasteiger partial charge in [-0.3, -0.25) is 0 Å². The molecule has 5 rings (SSSR count). The zero-order valence-electron chi connectivity index (χ0n) is 14.9. The number of hydrogen-bond donors (Lipinski definition) is 1. The number of hydrogen-bond acceptors (Lipinski definition) is 7. The molecule has 5 aromatic rings. The highest BCUT2D eigenvalue weighted by molar-refractivity contribution is 7.21. The lowest BCUT2D eigenvalue weighted by Gasteiger charge is -2.05. The van der Waals surface area contributed by atoms with Crippen LogP contribution in [0.5, 0.6) is 0 Å². The van der Waals surface area contributed by atoms with E-state index < -0.39 is 0 Å². The van der Waals surface area contributed by atoms with E-state index in [4.69, 9.17) is 0 Å². The maximum absolute atomic E-state index is 4.60. The molecular formula is C20H15N7S. The highest BCUT2D eigenvalue weighted by atomic mass is 32.1. The second-order valence-corrected chi connectivity index (χ2v) is 7.19. The molecule has 0 aliphatic rings. The molecule has 0 spiro atoms. The van der Waals surface area contributed by atoms with Crippen LogP contribution in [0.1, 0.15) is 5.82 Å². The molecule has 0 unspecified atom stereocenters. The summed E-state index contributed by atoms with van der Waals surface area (Å²) in [6.45, 7) is 1.90. The molecule has 4 heterocycles. The minimum atomic E-state index is 0.515. The third-order valence-corrected chi connectivity index (χ3v) is 5.24. The van der Waals surface area contributed by atoms with Gasteiger partial charge in [-0.15, -0.1) is 11.3 Å². The summed E-state index contributed by atoms with van der Waals surface area (Å²) < 4.78 is 1.62. The Balaban J connectivity index is 1.52. The maximum Gasteiger partial charge on any atom is 0.250 e. The molecule has 1 aromatic carbocycles. The monoisotopic (exact) mass is 385 g/mol. The molecule has 0 saturated carbocycles. The molecule has 136 valence electrons. The van der Waals surface area contributed by atoms with Gasteiger partial charge in [0.2, 0.25) is 5.95 Å². The van der Waals surface area contributed by atoms with E-state index in [0.717, 1.165) is 32.4 Å². The smallest absolute Gasteiger partial charge is 0.250 e. The normalized spacial score (nSPS) is 11.0. The van der Waals surface area contributed by atoms with Gasteiger partial charge >= 0.3 is 0 Å². The Kier molecular flexibility index (Phi) is 4.02. The van der Waals surface area contributed by atoms with Crippen molar-refractivity contribution in [2.75, 3.05) is 5.32 Å². The third-order valence-electron chi connectivity index (χ3n) is 4.17. The summed E-state index contributed by atoms with van der Waals surface area (Å²) in [5, 5.41) is 8.67. The predicted molar refractivity (Wildman–Crippen MR) is 110 cm³/mol. The Hall–Kier alpha value is -3.65. The van der Waals surface area contributed by atoms with Crippen LogP contribution in [0.3, 0.4) is 0 Å². The summed E-state index contributed by atoms with van der Waals surface area (Å²) in [7, 11) is 0. The summed E-state index contributed by atoms with van der Waals surface area (Å²) in [5.41, 5.74) is 1.97. The number of benzene rings is 1. The van der Waals surface area contributed by atoms with E-state index in [-0.39, 0.29) is 0 Å². The van der Waals surface area contributed by atoms with Gasteiger partial charge in [-0.25, -0.2) is 24.6 Å².